The average Bonchev–Trinajstić information content (AvgIpc) is 3.22. The lowest BCUT2D eigenvalue weighted by Crippen LogP contribution is -2.17. The molecule has 0 bridgehead atoms. The first-order valence-electron chi connectivity index (χ1n) is 7.92. The Labute approximate surface area is 148 Å². The van der Waals surface area contributed by atoms with Crippen molar-refractivity contribution in [3.05, 3.63) is 59.0 Å². The Morgan fingerprint density at radius 1 is 1.15 bits per heavy atom. The van der Waals surface area contributed by atoms with Crippen molar-refractivity contribution in [2.45, 2.75) is 26.2 Å². The third-order valence-corrected chi connectivity index (χ3v) is 3.96. The summed E-state index contributed by atoms with van der Waals surface area (Å²) in [6, 6.07) is 7.59. The molecule has 3 aromatic rings. The summed E-state index contributed by atoms with van der Waals surface area (Å²) < 4.78 is 50.2. The molecular weight excluding hydrogens is 347 g/mol. The van der Waals surface area contributed by atoms with Gasteiger partial charge in [0.1, 0.15) is 17.2 Å². The summed E-state index contributed by atoms with van der Waals surface area (Å²) in [6.07, 6.45) is -2.82. The number of aromatic amines is 1. The molecule has 3 rings (SSSR count). The SMILES string of the molecule is COc1ccc(CNCc2cn[nH]c2-c2ccc(C)o2)c(C(F)(F)F)c1. The number of furan rings is 1. The number of ether oxygens (including phenoxy) is 1. The summed E-state index contributed by atoms with van der Waals surface area (Å²) in [5, 5.41) is 9.87. The zero-order valence-electron chi connectivity index (χ0n) is 14.3. The van der Waals surface area contributed by atoms with E-state index in [1.807, 2.05) is 19.1 Å². The van der Waals surface area contributed by atoms with Crippen molar-refractivity contribution in [3.63, 3.8) is 0 Å². The number of nitrogens with zero attached hydrogens (tertiary/aromatic N) is 1. The van der Waals surface area contributed by atoms with Crippen LogP contribution in [0.15, 0.2) is 40.9 Å². The lowest BCUT2D eigenvalue weighted by molar-refractivity contribution is -0.138. The van der Waals surface area contributed by atoms with Gasteiger partial charge in [0.05, 0.1) is 18.9 Å². The van der Waals surface area contributed by atoms with E-state index in [9.17, 15) is 13.2 Å². The Bertz CT molecular complexity index is 884. The molecule has 0 fully saturated rings. The minimum absolute atomic E-state index is 0.0562. The number of aryl methyl sites for hydroxylation is 1. The number of aromatic nitrogens is 2. The number of benzene rings is 1. The monoisotopic (exact) mass is 365 g/mol. The zero-order chi connectivity index (χ0) is 18.7. The van der Waals surface area contributed by atoms with Gasteiger partial charge >= 0.3 is 6.18 Å². The first kappa shape index (κ1) is 18.1. The summed E-state index contributed by atoms with van der Waals surface area (Å²) in [5.74, 6) is 1.57. The number of halogens is 3. The number of nitrogens with one attached hydrogen (secondary N) is 2. The van der Waals surface area contributed by atoms with Crippen LogP contribution in [0.2, 0.25) is 0 Å². The molecule has 0 saturated heterocycles. The maximum atomic E-state index is 13.2. The molecule has 0 radical (unpaired) electrons. The third-order valence-electron chi connectivity index (χ3n) is 3.96. The molecule has 0 aliphatic heterocycles. The maximum Gasteiger partial charge on any atom is 0.416 e. The van der Waals surface area contributed by atoms with Gasteiger partial charge in [-0.05, 0) is 36.8 Å². The normalized spacial score (nSPS) is 11.7. The molecule has 5 nitrogen and oxygen atoms in total. The Hall–Kier alpha value is -2.74. The molecule has 0 saturated carbocycles. The van der Waals surface area contributed by atoms with Crippen LogP contribution in [0.3, 0.4) is 0 Å². The standard InChI is InChI=1S/C18H18F3N3O2/c1-11-3-6-16(26-11)17-13(10-23-24-17)9-22-8-12-4-5-14(25-2)7-15(12)18(19,20)21/h3-7,10,22H,8-9H2,1-2H3,(H,23,24). The van der Waals surface area contributed by atoms with Crippen molar-refractivity contribution in [2.24, 2.45) is 0 Å². The molecule has 1 aromatic carbocycles. The van der Waals surface area contributed by atoms with Crippen LogP contribution < -0.4 is 10.1 Å². The van der Waals surface area contributed by atoms with Gasteiger partial charge in [-0.3, -0.25) is 5.10 Å². The van der Waals surface area contributed by atoms with Crippen molar-refractivity contribution in [2.75, 3.05) is 7.11 Å². The molecule has 0 unspecified atom stereocenters. The largest absolute Gasteiger partial charge is 0.497 e. The van der Waals surface area contributed by atoms with Crippen LogP contribution in [0.5, 0.6) is 5.75 Å². The van der Waals surface area contributed by atoms with Crippen LogP contribution >= 0.6 is 0 Å². The van der Waals surface area contributed by atoms with Crippen LogP contribution in [0.1, 0.15) is 22.5 Å². The van der Waals surface area contributed by atoms with Crippen LogP contribution in [0.4, 0.5) is 13.2 Å². The lowest BCUT2D eigenvalue weighted by atomic mass is 10.1. The van der Waals surface area contributed by atoms with Crippen molar-refractivity contribution in [1.82, 2.24) is 15.5 Å². The Morgan fingerprint density at radius 3 is 2.58 bits per heavy atom. The van der Waals surface area contributed by atoms with Gasteiger partial charge in [0.2, 0.25) is 0 Å². The molecule has 2 aromatic heterocycles. The molecule has 138 valence electrons. The van der Waals surface area contributed by atoms with Crippen molar-refractivity contribution < 1.29 is 22.3 Å². The third kappa shape index (κ3) is 3.91. The highest BCUT2D eigenvalue weighted by molar-refractivity contribution is 5.56. The van der Waals surface area contributed by atoms with Gasteiger partial charge in [0.15, 0.2) is 5.76 Å². The predicted molar refractivity (Wildman–Crippen MR) is 89.6 cm³/mol. The van der Waals surface area contributed by atoms with E-state index in [0.717, 1.165) is 17.4 Å². The molecule has 0 aliphatic carbocycles. The second-order valence-corrected chi connectivity index (χ2v) is 5.80. The minimum Gasteiger partial charge on any atom is -0.497 e. The van der Waals surface area contributed by atoms with Crippen LogP contribution in [-0.4, -0.2) is 17.3 Å². The van der Waals surface area contributed by atoms with E-state index in [4.69, 9.17) is 9.15 Å². The molecule has 0 spiro atoms. The quantitative estimate of drug-likeness (QED) is 0.684. The first-order valence-corrected chi connectivity index (χ1v) is 7.92. The summed E-state index contributed by atoms with van der Waals surface area (Å²) in [6.45, 7) is 2.23. The van der Waals surface area contributed by atoms with E-state index in [1.54, 1.807) is 6.20 Å². The van der Waals surface area contributed by atoms with Crippen LogP contribution in [0, 0.1) is 6.92 Å². The average molecular weight is 365 g/mol. The number of hydrogen-bond donors (Lipinski definition) is 2. The van der Waals surface area contributed by atoms with Crippen molar-refractivity contribution >= 4 is 0 Å². The maximum absolute atomic E-state index is 13.2. The summed E-state index contributed by atoms with van der Waals surface area (Å²) in [5.41, 5.74) is 0.952. The first-order chi connectivity index (χ1) is 12.4. The van der Waals surface area contributed by atoms with Gasteiger partial charge in [0.25, 0.3) is 0 Å². The van der Waals surface area contributed by atoms with E-state index >= 15 is 0 Å². The van der Waals surface area contributed by atoms with Gasteiger partial charge < -0.3 is 14.5 Å². The van der Waals surface area contributed by atoms with E-state index in [1.165, 1.54) is 19.2 Å². The van der Waals surface area contributed by atoms with Gasteiger partial charge in [-0.25, -0.2) is 0 Å². The van der Waals surface area contributed by atoms with Gasteiger partial charge in [-0.1, -0.05) is 6.07 Å². The van der Waals surface area contributed by atoms with Crippen molar-refractivity contribution in [3.8, 4) is 17.2 Å². The smallest absolute Gasteiger partial charge is 0.416 e. The van der Waals surface area contributed by atoms with E-state index in [-0.39, 0.29) is 17.9 Å². The predicted octanol–water partition coefficient (Wildman–Crippen LogP) is 4.30. The molecule has 0 aliphatic rings. The highest BCUT2D eigenvalue weighted by Gasteiger charge is 2.33. The molecule has 2 heterocycles. The number of H-pyrrole nitrogens is 1. The second kappa shape index (κ2) is 7.25. The van der Waals surface area contributed by atoms with Crippen LogP contribution in [0.25, 0.3) is 11.5 Å². The topological polar surface area (TPSA) is 63.1 Å². The number of hydrogen-bond acceptors (Lipinski definition) is 4. The highest BCUT2D eigenvalue weighted by Crippen LogP contribution is 2.34. The van der Waals surface area contributed by atoms with E-state index in [0.29, 0.717) is 18.0 Å². The van der Waals surface area contributed by atoms with Gasteiger partial charge in [-0.15, -0.1) is 0 Å². The van der Waals surface area contributed by atoms with Crippen molar-refractivity contribution in [1.29, 1.82) is 0 Å². The van der Waals surface area contributed by atoms with E-state index in [2.05, 4.69) is 15.5 Å². The molecule has 8 heteroatoms. The zero-order valence-corrected chi connectivity index (χ0v) is 14.3. The molecule has 2 N–H and O–H groups in total. The Morgan fingerprint density at radius 2 is 1.92 bits per heavy atom. The molecule has 0 atom stereocenters. The molecule has 0 amide bonds. The number of alkyl halides is 3. The molecule has 26 heavy (non-hydrogen) atoms. The second-order valence-electron chi connectivity index (χ2n) is 5.80. The Kier molecular flexibility index (Phi) is 5.03. The minimum atomic E-state index is -4.45. The lowest BCUT2D eigenvalue weighted by Gasteiger charge is -2.15. The summed E-state index contributed by atoms with van der Waals surface area (Å²) in [4.78, 5) is 0. The highest BCUT2D eigenvalue weighted by atomic mass is 19.4. The van der Waals surface area contributed by atoms with Crippen LogP contribution in [-0.2, 0) is 19.3 Å². The fourth-order valence-electron chi connectivity index (χ4n) is 2.66. The number of methoxy groups -OCH3 is 1. The van der Waals surface area contributed by atoms with Gasteiger partial charge in [-0.2, -0.15) is 18.3 Å². The fourth-order valence-corrected chi connectivity index (χ4v) is 2.66. The fraction of sp³-hybridized carbons (Fsp3) is 0.278. The summed E-state index contributed by atoms with van der Waals surface area (Å²) >= 11 is 0. The van der Waals surface area contributed by atoms with Gasteiger partial charge in [0, 0.05) is 18.7 Å². The van der Waals surface area contributed by atoms with E-state index < -0.39 is 11.7 Å². The Balaban J connectivity index is 1.72. The molecular formula is C18H18F3N3O2. The number of rotatable bonds is 6. The summed E-state index contributed by atoms with van der Waals surface area (Å²) in [7, 11) is 1.34.